The lowest BCUT2D eigenvalue weighted by Crippen LogP contribution is -2.34. The molecular formula is C17H27NO3. The molecule has 0 fully saturated rings. The van der Waals surface area contributed by atoms with Crippen LogP contribution < -0.4 is 10.1 Å². The highest BCUT2D eigenvalue weighted by molar-refractivity contribution is 5.67. The summed E-state index contributed by atoms with van der Waals surface area (Å²) in [6.07, 6.45) is -0.419. The van der Waals surface area contributed by atoms with Crippen LogP contribution in [-0.4, -0.2) is 24.8 Å². The Hall–Kier alpha value is -1.71. The quantitative estimate of drug-likeness (QED) is 0.834. The van der Waals surface area contributed by atoms with E-state index in [1.807, 2.05) is 26.8 Å². The zero-order valence-electron chi connectivity index (χ0n) is 13.9. The molecule has 4 nitrogen and oxygen atoms in total. The summed E-state index contributed by atoms with van der Waals surface area (Å²) in [5, 5.41) is 2.67. The number of ether oxygens (including phenoxy) is 2. The van der Waals surface area contributed by atoms with Crippen LogP contribution in [0.2, 0.25) is 0 Å². The Morgan fingerprint density at radius 1 is 1.29 bits per heavy atom. The van der Waals surface area contributed by atoms with Crippen molar-refractivity contribution in [3.63, 3.8) is 0 Å². The van der Waals surface area contributed by atoms with Gasteiger partial charge in [0.05, 0.1) is 6.54 Å². The summed E-state index contributed by atoms with van der Waals surface area (Å²) in [4.78, 5) is 11.5. The zero-order chi connectivity index (χ0) is 16.0. The molecule has 1 amide bonds. The minimum Gasteiger partial charge on any atom is -0.492 e. The van der Waals surface area contributed by atoms with Crippen LogP contribution in [0.15, 0.2) is 18.2 Å². The first kappa shape index (κ1) is 17.3. The smallest absolute Gasteiger partial charge is 0.407 e. The van der Waals surface area contributed by atoms with E-state index in [0.29, 0.717) is 19.1 Å². The van der Waals surface area contributed by atoms with Gasteiger partial charge in [0, 0.05) is 0 Å². The Labute approximate surface area is 127 Å². The molecule has 1 rings (SSSR count). The number of benzene rings is 1. The van der Waals surface area contributed by atoms with Gasteiger partial charge in [0.2, 0.25) is 0 Å². The van der Waals surface area contributed by atoms with Gasteiger partial charge in [-0.2, -0.15) is 0 Å². The SMILES string of the molecule is Cc1ccc(OCCNC(=O)OC(C)(C)C)cc1C(C)C. The Bertz CT molecular complexity index is 475. The fourth-order valence-electron chi connectivity index (χ4n) is 1.97. The summed E-state index contributed by atoms with van der Waals surface area (Å²) in [7, 11) is 0. The molecule has 0 radical (unpaired) electrons. The number of alkyl carbamates (subject to hydrolysis) is 1. The molecule has 0 unspecified atom stereocenters. The highest BCUT2D eigenvalue weighted by Gasteiger charge is 2.15. The van der Waals surface area contributed by atoms with Crippen molar-refractivity contribution in [3.8, 4) is 5.75 Å². The zero-order valence-corrected chi connectivity index (χ0v) is 13.9. The number of hydrogen-bond acceptors (Lipinski definition) is 3. The van der Waals surface area contributed by atoms with Gasteiger partial charge in [0.15, 0.2) is 0 Å². The molecule has 0 heterocycles. The number of carbonyl (C=O) groups excluding carboxylic acids is 1. The van der Waals surface area contributed by atoms with Gasteiger partial charge in [-0.05, 0) is 56.9 Å². The van der Waals surface area contributed by atoms with Crippen LogP contribution in [-0.2, 0) is 4.74 Å². The fourth-order valence-corrected chi connectivity index (χ4v) is 1.97. The van der Waals surface area contributed by atoms with Crippen LogP contribution in [0.25, 0.3) is 0 Å². The molecule has 118 valence electrons. The summed E-state index contributed by atoms with van der Waals surface area (Å²) >= 11 is 0. The highest BCUT2D eigenvalue weighted by atomic mass is 16.6. The molecule has 0 bridgehead atoms. The van der Waals surface area contributed by atoms with Crippen molar-refractivity contribution in [2.45, 2.75) is 53.1 Å². The fraction of sp³-hybridized carbons (Fsp3) is 0.588. The predicted octanol–water partition coefficient (Wildman–Crippen LogP) is 4.02. The summed E-state index contributed by atoms with van der Waals surface area (Å²) in [6.45, 7) is 12.8. The van der Waals surface area contributed by atoms with E-state index in [4.69, 9.17) is 9.47 Å². The number of carbonyl (C=O) groups is 1. The average molecular weight is 293 g/mol. The van der Waals surface area contributed by atoms with E-state index in [0.717, 1.165) is 5.75 Å². The van der Waals surface area contributed by atoms with Crippen molar-refractivity contribution in [1.29, 1.82) is 0 Å². The van der Waals surface area contributed by atoms with Gasteiger partial charge >= 0.3 is 6.09 Å². The molecule has 0 aliphatic heterocycles. The van der Waals surface area contributed by atoms with E-state index in [9.17, 15) is 4.79 Å². The van der Waals surface area contributed by atoms with Crippen LogP contribution in [0.3, 0.4) is 0 Å². The third-order valence-electron chi connectivity index (χ3n) is 2.91. The summed E-state index contributed by atoms with van der Waals surface area (Å²) in [6, 6.07) is 6.08. The molecule has 0 saturated heterocycles. The molecule has 21 heavy (non-hydrogen) atoms. The summed E-state index contributed by atoms with van der Waals surface area (Å²) in [5.74, 6) is 1.30. The summed E-state index contributed by atoms with van der Waals surface area (Å²) < 4.78 is 10.8. The minimum absolute atomic E-state index is 0.416. The van der Waals surface area contributed by atoms with E-state index in [1.54, 1.807) is 0 Å². The molecule has 0 aromatic heterocycles. The number of rotatable bonds is 5. The maximum Gasteiger partial charge on any atom is 0.407 e. The molecule has 1 aromatic carbocycles. The molecular weight excluding hydrogens is 266 g/mol. The molecule has 0 spiro atoms. The lowest BCUT2D eigenvalue weighted by Gasteiger charge is -2.19. The standard InChI is InChI=1S/C17H27NO3/c1-12(2)15-11-14(8-7-13(15)3)20-10-9-18-16(19)21-17(4,5)6/h7-8,11-12H,9-10H2,1-6H3,(H,18,19). The lowest BCUT2D eigenvalue weighted by atomic mass is 9.98. The molecule has 0 aliphatic rings. The van der Waals surface area contributed by atoms with Crippen LogP contribution in [0, 0.1) is 6.92 Å². The lowest BCUT2D eigenvalue weighted by molar-refractivity contribution is 0.0520. The normalized spacial score (nSPS) is 11.4. The van der Waals surface area contributed by atoms with Gasteiger partial charge in [0.25, 0.3) is 0 Å². The van der Waals surface area contributed by atoms with Gasteiger partial charge in [-0.25, -0.2) is 4.79 Å². The second-order valence-electron chi connectivity index (χ2n) is 6.45. The highest BCUT2D eigenvalue weighted by Crippen LogP contribution is 2.24. The molecule has 1 aromatic rings. The monoisotopic (exact) mass is 293 g/mol. The largest absolute Gasteiger partial charge is 0.492 e. The number of aryl methyl sites for hydroxylation is 1. The van der Waals surface area contributed by atoms with Crippen molar-refractivity contribution in [2.24, 2.45) is 0 Å². The van der Waals surface area contributed by atoms with E-state index < -0.39 is 11.7 Å². The number of hydrogen-bond donors (Lipinski definition) is 1. The van der Waals surface area contributed by atoms with E-state index in [1.165, 1.54) is 11.1 Å². The van der Waals surface area contributed by atoms with Crippen LogP contribution >= 0.6 is 0 Å². The molecule has 0 aliphatic carbocycles. The van der Waals surface area contributed by atoms with E-state index in [-0.39, 0.29) is 0 Å². The molecule has 1 N–H and O–H groups in total. The number of nitrogens with one attached hydrogen (secondary N) is 1. The predicted molar refractivity (Wildman–Crippen MR) is 85.0 cm³/mol. The first-order chi connectivity index (χ1) is 9.69. The second kappa shape index (κ2) is 7.34. The molecule has 4 heteroatoms. The average Bonchev–Trinajstić information content (AvgIpc) is 2.34. The Kier molecular flexibility index (Phi) is 6.06. The van der Waals surface area contributed by atoms with Crippen molar-refractivity contribution in [1.82, 2.24) is 5.32 Å². The second-order valence-corrected chi connectivity index (χ2v) is 6.45. The van der Waals surface area contributed by atoms with Crippen molar-refractivity contribution in [3.05, 3.63) is 29.3 Å². The van der Waals surface area contributed by atoms with Crippen LogP contribution in [0.5, 0.6) is 5.75 Å². The maximum absolute atomic E-state index is 11.5. The third-order valence-corrected chi connectivity index (χ3v) is 2.91. The Balaban J connectivity index is 2.40. The Morgan fingerprint density at radius 3 is 2.52 bits per heavy atom. The van der Waals surface area contributed by atoms with Gasteiger partial charge in [-0.3, -0.25) is 0 Å². The summed E-state index contributed by atoms with van der Waals surface area (Å²) in [5.41, 5.74) is 2.07. The van der Waals surface area contributed by atoms with Crippen molar-refractivity contribution >= 4 is 6.09 Å². The van der Waals surface area contributed by atoms with Crippen molar-refractivity contribution < 1.29 is 14.3 Å². The van der Waals surface area contributed by atoms with Gasteiger partial charge in [0.1, 0.15) is 18.0 Å². The van der Waals surface area contributed by atoms with Crippen LogP contribution in [0.1, 0.15) is 51.7 Å². The van der Waals surface area contributed by atoms with Crippen LogP contribution in [0.4, 0.5) is 4.79 Å². The third kappa shape index (κ3) is 6.52. The van der Waals surface area contributed by atoms with Gasteiger partial charge in [-0.1, -0.05) is 19.9 Å². The van der Waals surface area contributed by atoms with Gasteiger partial charge in [-0.15, -0.1) is 0 Å². The number of amides is 1. The van der Waals surface area contributed by atoms with E-state index >= 15 is 0 Å². The first-order valence-corrected chi connectivity index (χ1v) is 7.39. The topological polar surface area (TPSA) is 47.6 Å². The molecule has 0 atom stereocenters. The van der Waals surface area contributed by atoms with Gasteiger partial charge < -0.3 is 14.8 Å². The van der Waals surface area contributed by atoms with E-state index in [2.05, 4.69) is 38.2 Å². The Morgan fingerprint density at radius 2 is 1.95 bits per heavy atom. The minimum atomic E-state index is -0.478. The van der Waals surface area contributed by atoms with Crippen molar-refractivity contribution in [2.75, 3.05) is 13.2 Å². The maximum atomic E-state index is 11.5. The first-order valence-electron chi connectivity index (χ1n) is 7.39. The molecule has 0 saturated carbocycles.